The summed E-state index contributed by atoms with van der Waals surface area (Å²) in [6.45, 7) is 0. The zero-order chi connectivity index (χ0) is 6.97. The number of nitrogens with zero attached hydrogens (tertiary/aromatic N) is 4. The first-order valence-electron chi connectivity index (χ1n) is 2.64. The molecule has 0 amide bonds. The Bertz CT molecular complexity index is 401. The van der Waals surface area contributed by atoms with Gasteiger partial charge in [-0.1, -0.05) is 12.2 Å². The molecular formula is C4H3N5S. The van der Waals surface area contributed by atoms with Crippen LogP contribution < -0.4 is 0 Å². The van der Waals surface area contributed by atoms with Gasteiger partial charge in [-0.25, -0.2) is 0 Å². The predicted octanol–water partition coefficient (Wildman–Crippen LogP) is 0.182. The second kappa shape index (κ2) is 1.84. The van der Waals surface area contributed by atoms with E-state index in [1.165, 1.54) is 4.63 Å². The molecule has 6 heteroatoms. The Labute approximate surface area is 60.7 Å². The average Bonchev–Trinajstić information content (AvgIpc) is 2.33. The minimum Gasteiger partial charge on any atom is -0.264 e. The molecule has 0 unspecified atom stereocenters. The van der Waals surface area contributed by atoms with E-state index in [1.807, 2.05) is 0 Å². The molecule has 0 aromatic carbocycles. The van der Waals surface area contributed by atoms with Crippen molar-refractivity contribution in [3.8, 4) is 0 Å². The number of nitrogens with one attached hydrogen (secondary N) is 1. The molecule has 0 saturated heterocycles. The predicted molar refractivity (Wildman–Crippen MR) is 36.0 cm³/mol. The number of rotatable bonds is 0. The minimum absolute atomic E-state index is 0.611. The Morgan fingerprint density at radius 3 is 3.30 bits per heavy atom. The van der Waals surface area contributed by atoms with E-state index < -0.39 is 0 Å². The van der Waals surface area contributed by atoms with Crippen LogP contribution >= 0.6 is 12.2 Å². The fourth-order valence-corrected chi connectivity index (χ4v) is 0.824. The molecule has 0 spiro atoms. The number of aromatic amines is 1. The van der Waals surface area contributed by atoms with Crippen molar-refractivity contribution >= 4 is 17.9 Å². The molecule has 10 heavy (non-hydrogen) atoms. The summed E-state index contributed by atoms with van der Waals surface area (Å²) in [5.41, 5.74) is 0.661. The average molecular weight is 153 g/mol. The fourth-order valence-electron chi connectivity index (χ4n) is 0.669. The van der Waals surface area contributed by atoms with E-state index in [2.05, 4.69) is 20.6 Å². The lowest BCUT2D eigenvalue weighted by molar-refractivity contribution is 0.729. The molecule has 0 radical (unpaired) electrons. The van der Waals surface area contributed by atoms with E-state index in [0.717, 1.165) is 0 Å². The quantitative estimate of drug-likeness (QED) is 0.548. The molecular weight excluding hydrogens is 150 g/mol. The van der Waals surface area contributed by atoms with Gasteiger partial charge in [-0.05, 0) is 22.6 Å². The van der Waals surface area contributed by atoms with Crippen LogP contribution in [0, 0.1) is 4.64 Å². The molecule has 2 rings (SSSR count). The lowest BCUT2D eigenvalue weighted by Crippen LogP contribution is -1.92. The van der Waals surface area contributed by atoms with Crippen molar-refractivity contribution in [1.29, 1.82) is 0 Å². The van der Waals surface area contributed by atoms with E-state index in [-0.39, 0.29) is 0 Å². The first kappa shape index (κ1) is 5.48. The van der Waals surface area contributed by atoms with Crippen molar-refractivity contribution in [3.05, 3.63) is 16.8 Å². The van der Waals surface area contributed by atoms with Gasteiger partial charge in [-0.3, -0.25) is 5.10 Å². The third-order valence-electron chi connectivity index (χ3n) is 1.09. The van der Waals surface area contributed by atoms with Crippen LogP contribution in [0.3, 0.4) is 0 Å². The maximum absolute atomic E-state index is 4.83. The molecule has 0 fully saturated rings. The van der Waals surface area contributed by atoms with E-state index in [9.17, 15) is 0 Å². The van der Waals surface area contributed by atoms with Crippen LogP contribution in [0.5, 0.6) is 0 Å². The number of fused-ring (bicyclic) bond motifs is 1. The van der Waals surface area contributed by atoms with Gasteiger partial charge >= 0.3 is 0 Å². The molecule has 2 aromatic heterocycles. The third-order valence-corrected chi connectivity index (χ3v) is 1.32. The fraction of sp³-hybridized carbons (Fsp3) is 0. The normalized spacial score (nSPS) is 10.4. The largest absolute Gasteiger partial charge is 0.264 e. The summed E-state index contributed by atoms with van der Waals surface area (Å²) in [6, 6.07) is 3.49. The summed E-state index contributed by atoms with van der Waals surface area (Å²) < 4.78 is 2.03. The molecule has 0 bridgehead atoms. The van der Waals surface area contributed by atoms with Crippen molar-refractivity contribution in [3.63, 3.8) is 0 Å². The molecule has 2 heterocycles. The molecule has 0 aliphatic carbocycles. The Hall–Kier alpha value is -1.30. The zero-order valence-electron chi connectivity index (χ0n) is 4.85. The zero-order valence-corrected chi connectivity index (χ0v) is 5.67. The first-order valence-corrected chi connectivity index (χ1v) is 3.04. The van der Waals surface area contributed by atoms with Gasteiger partial charge in [0.15, 0.2) is 5.65 Å². The lowest BCUT2D eigenvalue weighted by Gasteiger charge is -1.85. The Morgan fingerprint density at radius 1 is 1.50 bits per heavy atom. The number of hydrogen-bond acceptors (Lipinski definition) is 4. The van der Waals surface area contributed by atoms with E-state index in [4.69, 9.17) is 12.2 Å². The summed E-state index contributed by atoms with van der Waals surface area (Å²) in [5, 5.41) is 13.5. The van der Waals surface area contributed by atoms with E-state index in [1.54, 1.807) is 12.1 Å². The van der Waals surface area contributed by atoms with Gasteiger partial charge in [0, 0.05) is 0 Å². The second-order valence-corrected chi connectivity index (χ2v) is 2.20. The van der Waals surface area contributed by atoms with Gasteiger partial charge in [-0.2, -0.15) is 0 Å². The van der Waals surface area contributed by atoms with Crippen LogP contribution in [0.1, 0.15) is 0 Å². The van der Waals surface area contributed by atoms with Crippen molar-refractivity contribution in [1.82, 2.24) is 25.3 Å². The summed E-state index contributed by atoms with van der Waals surface area (Å²) >= 11 is 4.83. The summed E-state index contributed by atoms with van der Waals surface area (Å²) in [6.07, 6.45) is 0. The van der Waals surface area contributed by atoms with E-state index >= 15 is 0 Å². The topological polar surface area (TPSA) is 58.9 Å². The maximum Gasteiger partial charge on any atom is 0.197 e. The number of aromatic nitrogens is 5. The molecule has 5 nitrogen and oxygen atoms in total. The van der Waals surface area contributed by atoms with Crippen molar-refractivity contribution < 1.29 is 0 Å². The molecule has 0 saturated carbocycles. The van der Waals surface area contributed by atoms with Crippen LogP contribution in [0.25, 0.3) is 5.65 Å². The molecule has 0 atom stereocenters. The Morgan fingerprint density at radius 2 is 2.40 bits per heavy atom. The standard InChI is InChI=1S/C4H3N5S/c10-4-2-1-3-5-7-8-9(3)6-4/h1-2H,(H,6,10). The molecule has 0 aliphatic rings. The maximum atomic E-state index is 4.83. The van der Waals surface area contributed by atoms with Crippen LogP contribution in [0.4, 0.5) is 0 Å². The number of H-pyrrole nitrogens is 1. The van der Waals surface area contributed by atoms with Crippen molar-refractivity contribution in [2.45, 2.75) is 0 Å². The van der Waals surface area contributed by atoms with Crippen LogP contribution in [0.15, 0.2) is 12.1 Å². The molecule has 2 aromatic rings. The smallest absolute Gasteiger partial charge is 0.197 e. The summed E-state index contributed by atoms with van der Waals surface area (Å²) in [4.78, 5) is 0. The highest BCUT2D eigenvalue weighted by Gasteiger charge is 1.91. The minimum atomic E-state index is 0.611. The SMILES string of the molecule is S=c1ccc2nnnn2[nH]1. The number of tetrazole rings is 1. The summed E-state index contributed by atoms with van der Waals surface area (Å²) in [7, 11) is 0. The van der Waals surface area contributed by atoms with Gasteiger partial charge in [0.05, 0.1) is 0 Å². The van der Waals surface area contributed by atoms with Crippen LogP contribution in [-0.2, 0) is 0 Å². The highest BCUT2D eigenvalue weighted by atomic mass is 32.1. The molecule has 50 valence electrons. The van der Waals surface area contributed by atoms with Gasteiger partial charge in [0.25, 0.3) is 0 Å². The Balaban J connectivity index is 2.99. The van der Waals surface area contributed by atoms with E-state index in [0.29, 0.717) is 10.3 Å². The van der Waals surface area contributed by atoms with Crippen molar-refractivity contribution in [2.24, 2.45) is 0 Å². The Kier molecular flexibility index (Phi) is 1.01. The van der Waals surface area contributed by atoms with Gasteiger partial charge < -0.3 is 0 Å². The highest BCUT2D eigenvalue weighted by Crippen LogP contribution is 1.91. The van der Waals surface area contributed by atoms with Gasteiger partial charge in [0.1, 0.15) is 4.64 Å². The van der Waals surface area contributed by atoms with Crippen molar-refractivity contribution in [2.75, 3.05) is 0 Å². The monoisotopic (exact) mass is 153 g/mol. The third kappa shape index (κ3) is 0.695. The molecule has 0 aliphatic heterocycles. The van der Waals surface area contributed by atoms with Gasteiger partial charge in [-0.15, -0.1) is 9.73 Å². The van der Waals surface area contributed by atoms with Crippen LogP contribution in [-0.4, -0.2) is 25.3 Å². The number of hydrogen-bond donors (Lipinski definition) is 1. The van der Waals surface area contributed by atoms with Crippen LogP contribution in [0.2, 0.25) is 0 Å². The second-order valence-electron chi connectivity index (χ2n) is 1.76. The lowest BCUT2D eigenvalue weighted by atomic mass is 10.6. The summed E-state index contributed by atoms with van der Waals surface area (Å²) in [5.74, 6) is 0. The highest BCUT2D eigenvalue weighted by molar-refractivity contribution is 7.71. The van der Waals surface area contributed by atoms with Gasteiger partial charge in [0.2, 0.25) is 0 Å². The first-order chi connectivity index (χ1) is 4.86. The molecule has 1 N–H and O–H groups in total.